The van der Waals surface area contributed by atoms with Crippen molar-refractivity contribution in [1.29, 1.82) is 0 Å². The molecule has 0 amide bonds. The zero-order chi connectivity index (χ0) is 14.1. The lowest BCUT2D eigenvalue weighted by atomic mass is 9.78. The van der Waals surface area contributed by atoms with Crippen molar-refractivity contribution >= 4 is 24.8 Å². The number of nitrogens with one attached hydrogen (secondary N) is 1. The van der Waals surface area contributed by atoms with E-state index >= 15 is 0 Å². The number of fused-ring (bicyclic) bond motifs is 1. The summed E-state index contributed by atoms with van der Waals surface area (Å²) in [6.07, 6.45) is 1.16. The average molecular weight is 293 g/mol. The van der Waals surface area contributed by atoms with Crippen molar-refractivity contribution in [3.05, 3.63) is 28.8 Å². The van der Waals surface area contributed by atoms with Crippen molar-refractivity contribution in [2.45, 2.75) is 23.7 Å². The third-order valence-electron chi connectivity index (χ3n) is 3.67. The molecule has 1 fully saturated rings. The van der Waals surface area contributed by atoms with Gasteiger partial charge in [0.1, 0.15) is 11.3 Å². The number of thioether (sulfide) groups is 1. The first-order chi connectivity index (χ1) is 9.65. The van der Waals surface area contributed by atoms with Gasteiger partial charge in [-0.25, -0.2) is 4.79 Å². The number of aryl methyl sites for hydroxylation is 1. The minimum absolute atomic E-state index is 0.209. The number of rotatable bonds is 4. The minimum atomic E-state index is -0.988. The van der Waals surface area contributed by atoms with E-state index in [-0.39, 0.29) is 5.56 Å². The fourth-order valence-corrected chi connectivity index (χ4v) is 3.54. The van der Waals surface area contributed by atoms with E-state index in [0.717, 1.165) is 24.2 Å². The maximum Gasteiger partial charge on any atom is 0.522 e. The van der Waals surface area contributed by atoms with Crippen molar-refractivity contribution in [3.8, 4) is 5.75 Å². The van der Waals surface area contributed by atoms with Crippen LogP contribution < -0.4 is 9.97 Å². The molecule has 5 nitrogen and oxygen atoms in total. The van der Waals surface area contributed by atoms with E-state index in [1.165, 1.54) is 0 Å². The third-order valence-corrected chi connectivity index (χ3v) is 4.95. The summed E-state index contributed by atoms with van der Waals surface area (Å²) in [6, 6.07) is 3.80. The fourth-order valence-electron chi connectivity index (χ4n) is 2.41. The van der Waals surface area contributed by atoms with Gasteiger partial charge in [-0.1, -0.05) is 12.1 Å². The predicted molar refractivity (Wildman–Crippen MR) is 78.5 cm³/mol. The molecular formula is C13H16BNO4S. The molecule has 2 aliphatic heterocycles. The summed E-state index contributed by atoms with van der Waals surface area (Å²) in [6.45, 7) is 1.96. The van der Waals surface area contributed by atoms with Gasteiger partial charge in [0.2, 0.25) is 0 Å². The molecule has 3 rings (SSSR count). The van der Waals surface area contributed by atoms with E-state index in [1.807, 2.05) is 12.1 Å². The van der Waals surface area contributed by atoms with Crippen molar-refractivity contribution in [2.24, 2.45) is 0 Å². The lowest BCUT2D eigenvalue weighted by Crippen LogP contribution is -2.44. The molecule has 0 spiro atoms. The van der Waals surface area contributed by atoms with Crippen LogP contribution in [0.15, 0.2) is 12.1 Å². The van der Waals surface area contributed by atoms with Crippen LogP contribution in [-0.4, -0.2) is 41.6 Å². The van der Waals surface area contributed by atoms with Crippen LogP contribution in [0.1, 0.15) is 21.5 Å². The molecule has 1 saturated heterocycles. The second kappa shape index (κ2) is 5.67. The van der Waals surface area contributed by atoms with E-state index in [9.17, 15) is 14.9 Å². The zero-order valence-electron chi connectivity index (χ0n) is 11.0. The molecule has 0 aromatic heterocycles. The normalized spacial score (nSPS) is 18.1. The van der Waals surface area contributed by atoms with Gasteiger partial charge in [-0.3, -0.25) is 0 Å². The quantitative estimate of drug-likeness (QED) is 0.719. The van der Waals surface area contributed by atoms with Crippen LogP contribution >= 0.6 is 11.8 Å². The molecule has 1 aromatic carbocycles. The number of carboxylic acids is 1. The number of hydrogen-bond donors (Lipinski definition) is 3. The molecule has 0 aliphatic carbocycles. The van der Waals surface area contributed by atoms with Crippen LogP contribution in [0.2, 0.25) is 6.32 Å². The summed E-state index contributed by atoms with van der Waals surface area (Å²) >= 11 is 1.76. The molecule has 2 aliphatic rings. The van der Waals surface area contributed by atoms with Crippen LogP contribution in [0.25, 0.3) is 0 Å². The van der Waals surface area contributed by atoms with Gasteiger partial charge in [0, 0.05) is 24.1 Å². The highest BCUT2D eigenvalue weighted by Gasteiger charge is 2.29. The van der Waals surface area contributed by atoms with Gasteiger partial charge in [-0.2, -0.15) is 11.8 Å². The van der Waals surface area contributed by atoms with Crippen molar-refractivity contribution in [3.63, 3.8) is 0 Å². The molecule has 3 N–H and O–H groups in total. The summed E-state index contributed by atoms with van der Waals surface area (Å²) in [5, 5.41) is 22.8. The van der Waals surface area contributed by atoms with E-state index < -0.39 is 13.1 Å². The molecule has 0 bridgehead atoms. The molecular weight excluding hydrogens is 277 g/mol. The Bertz CT molecular complexity index is 535. The van der Waals surface area contributed by atoms with Crippen LogP contribution in [0.5, 0.6) is 5.75 Å². The second-order valence-corrected chi connectivity index (χ2v) is 6.38. The van der Waals surface area contributed by atoms with Gasteiger partial charge in [-0.05, 0) is 23.9 Å². The smallest absolute Gasteiger partial charge is 0.522 e. The maximum absolute atomic E-state index is 11.5. The van der Waals surface area contributed by atoms with E-state index in [4.69, 9.17) is 4.65 Å². The lowest BCUT2D eigenvalue weighted by Gasteiger charge is -2.27. The summed E-state index contributed by atoms with van der Waals surface area (Å²) in [5.74, 6) is 0.0140. The van der Waals surface area contributed by atoms with Crippen LogP contribution in [0.4, 0.5) is 0 Å². The van der Waals surface area contributed by atoms with Gasteiger partial charge in [0.15, 0.2) is 0 Å². The van der Waals surface area contributed by atoms with Crippen molar-refractivity contribution in [2.75, 3.05) is 13.1 Å². The first-order valence-corrected chi connectivity index (χ1v) is 7.75. The minimum Gasteiger partial charge on any atom is -0.535 e. The van der Waals surface area contributed by atoms with Crippen LogP contribution in [-0.2, 0) is 12.2 Å². The van der Waals surface area contributed by atoms with Crippen LogP contribution in [0, 0.1) is 0 Å². The standard InChI is InChI=1S/C13H16BNO4S/c16-13(17)11-9(7-20-10-5-15-6-10)2-1-8-3-4-14(18)19-12(8)11/h1-2,10,15,18H,3-7H2,(H,16,17). The monoisotopic (exact) mass is 293 g/mol. The first-order valence-electron chi connectivity index (χ1n) is 6.70. The molecule has 2 heterocycles. The predicted octanol–water partition coefficient (Wildman–Crippen LogP) is 1.01. The van der Waals surface area contributed by atoms with E-state index in [1.54, 1.807) is 11.8 Å². The molecule has 0 unspecified atom stereocenters. The Morgan fingerprint density at radius 1 is 1.50 bits per heavy atom. The summed E-state index contributed by atoms with van der Waals surface area (Å²) in [4.78, 5) is 11.5. The maximum atomic E-state index is 11.5. The SMILES string of the molecule is O=C(O)c1c(CSC2CNC2)ccc2c1OB(O)CC2. The fraction of sp³-hybridized carbons (Fsp3) is 0.462. The first kappa shape index (κ1) is 13.8. The summed E-state index contributed by atoms with van der Waals surface area (Å²) < 4.78 is 5.37. The highest BCUT2D eigenvalue weighted by atomic mass is 32.2. The summed E-state index contributed by atoms with van der Waals surface area (Å²) in [5.41, 5.74) is 1.84. The highest BCUT2D eigenvalue weighted by Crippen LogP contribution is 2.35. The molecule has 1 aromatic rings. The second-order valence-electron chi connectivity index (χ2n) is 5.10. The molecule has 106 valence electrons. The molecule has 20 heavy (non-hydrogen) atoms. The number of carboxylic acid groups (broad SMARTS) is 1. The lowest BCUT2D eigenvalue weighted by molar-refractivity contribution is 0.0693. The number of hydrogen-bond acceptors (Lipinski definition) is 5. The molecule has 7 heteroatoms. The largest absolute Gasteiger partial charge is 0.535 e. The molecule has 0 saturated carbocycles. The van der Waals surface area contributed by atoms with Gasteiger partial charge in [0.25, 0.3) is 0 Å². The zero-order valence-corrected chi connectivity index (χ0v) is 11.8. The Morgan fingerprint density at radius 2 is 2.30 bits per heavy atom. The third kappa shape index (κ3) is 2.66. The summed E-state index contributed by atoms with van der Waals surface area (Å²) in [7, 11) is -0.903. The van der Waals surface area contributed by atoms with Gasteiger partial charge < -0.3 is 20.1 Å². The van der Waals surface area contributed by atoms with Crippen molar-refractivity contribution in [1.82, 2.24) is 5.32 Å². The Hall–Kier alpha value is -1.18. The molecule has 0 atom stereocenters. The Kier molecular flexibility index (Phi) is 3.91. The number of aromatic carboxylic acids is 1. The number of carbonyl (C=O) groups is 1. The Labute approximate surface area is 121 Å². The Morgan fingerprint density at radius 3 is 2.95 bits per heavy atom. The highest BCUT2D eigenvalue weighted by molar-refractivity contribution is 7.99. The average Bonchev–Trinajstić information content (AvgIpc) is 2.35. The Balaban J connectivity index is 1.88. The molecule has 0 radical (unpaired) electrons. The number of benzene rings is 1. The topological polar surface area (TPSA) is 78.8 Å². The van der Waals surface area contributed by atoms with Crippen molar-refractivity contribution < 1.29 is 19.6 Å². The van der Waals surface area contributed by atoms with Crippen LogP contribution in [0.3, 0.4) is 0 Å². The van der Waals surface area contributed by atoms with Gasteiger partial charge in [-0.15, -0.1) is 0 Å². The van der Waals surface area contributed by atoms with E-state index in [0.29, 0.717) is 29.5 Å². The van der Waals surface area contributed by atoms with Gasteiger partial charge >= 0.3 is 13.1 Å². The van der Waals surface area contributed by atoms with E-state index in [2.05, 4.69) is 5.32 Å². The van der Waals surface area contributed by atoms with Gasteiger partial charge in [0.05, 0.1) is 0 Å².